The average molecular weight is 353 g/mol. The van der Waals surface area contributed by atoms with E-state index in [0.717, 1.165) is 19.6 Å². The van der Waals surface area contributed by atoms with Crippen molar-refractivity contribution in [2.45, 2.75) is 19.3 Å². The third-order valence-corrected chi connectivity index (χ3v) is 5.42. The van der Waals surface area contributed by atoms with E-state index in [0.29, 0.717) is 23.5 Å². The van der Waals surface area contributed by atoms with Crippen molar-refractivity contribution in [2.24, 2.45) is 27.7 Å². The quantitative estimate of drug-likeness (QED) is 0.846. The zero-order valence-electron chi connectivity index (χ0n) is 14.6. The van der Waals surface area contributed by atoms with Gasteiger partial charge in [-0.2, -0.15) is 5.10 Å². The number of piperidine rings is 1. The molecule has 7 nitrogen and oxygen atoms in total. The van der Waals surface area contributed by atoms with Gasteiger partial charge in [0.05, 0.1) is 18.4 Å². The number of carbonyl (C=O) groups is 2. The van der Waals surface area contributed by atoms with Gasteiger partial charge in [0.25, 0.3) is 0 Å². The molecule has 2 aliphatic heterocycles. The van der Waals surface area contributed by atoms with Crippen LogP contribution in [0.25, 0.3) is 0 Å². The number of hydrogen-bond donors (Lipinski definition) is 2. The Labute approximate surface area is 152 Å². The molecule has 1 aromatic carbocycles. The Morgan fingerprint density at radius 1 is 1.08 bits per heavy atom. The first-order chi connectivity index (χ1) is 12.7. The first-order valence-corrected chi connectivity index (χ1v) is 9.20. The van der Waals surface area contributed by atoms with E-state index < -0.39 is 11.8 Å². The second kappa shape index (κ2) is 6.99. The number of benzene rings is 1. The second-order valence-corrected chi connectivity index (χ2v) is 7.05. The number of ketones is 2. The summed E-state index contributed by atoms with van der Waals surface area (Å²) < 4.78 is 0. The number of likely N-dealkylation sites (tertiary alicyclic amines) is 1. The Bertz CT molecular complexity index is 795. The lowest BCUT2D eigenvalue weighted by Crippen LogP contribution is -2.54. The fraction of sp³-hybridized carbons (Fsp3) is 0.474. The van der Waals surface area contributed by atoms with Crippen LogP contribution in [-0.4, -0.2) is 54.3 Å². The summed E-state index contributed by atoms with van der Waals surface area (Å²) in [4.78, 5) is 32.9. The summed E-state index contributed by atoms with van der Waals surface area (Å²) in [7, 11) is 0. The third-order valence-electron chi connectivity index (χ3n) is 5.42. The highest BCUT2D eigenvalue weighted by Crippen LogP contribution is 2.32. The summed E-state index contributed by atoms with van der Waals surface area (Å²) in [6, 6.07) is 6.89. The summed E-state index contributed by atoms with van der Waals surface area (Å²) in [5, 5.41) is 4.05. The van der Waals surface area contributed by atoms with Crippen LogP contribution in [0.2, 0.25) is 0 Å². The van der Waals surface area contributed by atoms with Crippen molar-refractivity contribution >= 4 is 23.2 Å². The monoisotopic (exact) mass is 353 g/mol. The highest BCUT2D eigenvalue weighted by Gasteiger charge is 2.48. The van der Waals surface area contributed by atoms with E-state index in [1.807, 2.05) is 0 Å². The van der Waals surface area contributed by atoms with Crippen LogP contribution in [0, 0.1) is 11.8 Å². The van der Waals surface area contributed by atoms with Crippen molar-refractivity contribution in [3.8, 4) is 0 Å². The van der Waals surface area contributed by atoms with E-state index in [9.17, 15) is 9.59 Å². The van der Waals surface area contributed by atoms with Crippen LogP contribution in [0.5, 0.6) is 0 Å². The van der Waals surface area contributed by atoms with Crippen molar-refractivity contribution in [3.05, 3.63) is 35.4 Å². The van der Waals surface area contributed by atoms with Gasteiger partial charge >= 0.3 is 0 Å². The largest absolute Gasteiger partial charge is 0.385 e. The van der Waals surface area contributed by atoms with Gasteiger partial charge in [-0.1, -0.05) is 30.7 Å². The van der Waals surface area contributed by atoms with Crippen LogP contribution in [0.3, 0.4) is 0 Å². The highest BCUT2D eigenvalue weighted by molar-refractivity contribution is 6.29. The van der Waals surface area contributed by atoms with Crippen molar-refractivity contribution < 1.29 is 9.59 Å². The maximum atomic E-state index is 13.0. The van der Waals surface area contributed by atoms with Gasteiger partial charge in [0.1, 0.15) is 11.7 Å². The van der Waals surface area contributed by atoms with E-state index in [1.54, 1.807) is 24.3 Å². The number of nitrogens with one attached hydrogen (secondary N) is 1. The van der Waals surface area contributed by atoms with Crippen LogP contribution in [0.4, 0.5) is 0 Å². The molecule has 26 heavy (non-hydrogen) atoms. The SMILES string of the molecule is NC1=NNC(=NCCN2CCCCC2)C2C(=O)c3ccccc3C(=O)C12. The number of nitrogens with zero attached hydrogens (tertiary/aromatic N) is 3. The minimum atomic E-state index is -0.757. The fourth-order valence-electron chi connectivity index (χ4n) is 4.03. The number of hydrazone groups is 1. The minimum Gasteiger partial charge on any atom is -0.385 e. The number of amidine groups is 2. The molecular weight excluding hydrogens is 330 g/mol. The van der Waals surface area contributed by atoms with Crippen LogP contribution >= 0.6 is 0 Å². The van der Waals surface area contributed by atoms with Gasteiger partial charge in [-0.15, -0.1) is 0 Å². The molecule has 136 valence electrons. The van der Waals surface area contributed by atoms with E-state index in [1.165, 1.54) is 19.3 Å². The Balaban J connectivity index is 1.59. The summed E-state index contributed by atoms with van der Waals surface area (Å²) in [6.45, 7) is 3.62. The van der Waals surface area contributed by atoms with Crippen molar-refractivity contribution in [1.29, 1.82) is 0 Å². The third kappa shape index (κ3) is 2.92. The number of nitrogens with two attached hydrogens (primary N) is 1. The molecule has 0 bridgehead atoms. The zero-order valence-corrected chi connectivity index (χ0v) is 14.6. The van der Waals surface area contributed by atoms with E-state index in [2.05, 4.69) is 20.4 Å². The molecule has 1 aliphatic carbocycles. The van der Waals surface area contributed by atoms with E-state index in [4.69, 9.17) is 5.73 Å². The molecule has 2 heterocycles. The van der Waals surface area contributed by atoms with Gasteiger partial charge in [-0.3, -0.25) is 20.0 Å². The lowest BCUT2D eigenvalue weighted by Gasteiger charge is -2.33. The lowest BCUT2D eigenvalue weighted by molar-refractivity contribution is 0.0819. The molecule has 0 saturated carbocycles. The standard InChI is InChI=1S/C19H23N5O2/c20-18-14-15(17(26)13-7-3-2-6-12(13)16(14)25)19(23-22-18)21-8-11-24-9-4-1-5-10-24/h2-3,6-7,14-15H,1,4-5,8-11H2,(H2,20,22)(H,21,23). The molecule has 2 unspecified atom stereocenters. The Hall–Kier alpha value is -2.54. The average Bonchev–Trinajstić information content (AvgIpc) is 2.68. The van der Waals surface area contributed by atoms with Crippen LogP contribution in [0.15, 0.2) is 34.4 Å². The van der Waals surface area contributed by atoms with Gasteiger partial charge < -0.3 is 10.6 Å². The van der Waals surface area contributed by atoms with Crippen molar-refractivity contribution in [2.75, 3.05) is 26.2 Å². The number of fused-ring (bicyclic) bond motifs is 2. The number of carbonyl (C=O) groups excluding carboxylic acids is 2. The van der Waals surface area contributed by atoms with Crippen LogP contribution in [0.1, 0.15) is 40.0 Å². The summed E-state index contributed by atoms with van der Waals surface area (Å²) >= 11 is 0. The zero-order chi connectivity index (χ0) is 18.1. The Morgan fingerprint density at radius 3 is 2.42 bits per heavy atom. The molecule has 4 rings (SSSR count). The van der Waals surface area contributed by atoms with E-state index in [-0.39, 0.29) is 17.4 Å². The van der Waals surface area contributed by atoms with Gasteiger partial charge in [0, 0.05) is 17.7 Å². The number of Topliss-reactive ketones (excluding diaryl/α,β-unsaturated/α-hetero) is 2. The molecule has 1 fully saturated rings. The predicted molar refractivity (Wildman–Crippen MR) is 99.4 cm³/mol. The molecule has 0 radical (unpaired) electrons. The summed E-state index contributed by atoms with van der Waals surface area (Å²) in [5.41, 5.74) is 9.63. The topological polar surface area (TPSA) is 100 Å². The molecule has 3 aliphatic rings. The smallest absolute Gasteiger partial charge is 0.175 e. The number of hydrogen-bond acceptors (Lipinski definition) is 6. The van der Waals surface area contributed by atoms with Crippen molar-refractivity contribution in [1.82, 2.24) is 10.3 Å². The second-order valence-electron chi connectivity index (χ2n) is 7.05. The molecule has 3 N–H and O–H groups in total. The first-order valence-electron chi connectivity index (χ1n) is 9.20. The van der Waals surface area contributed by atoms with Crippen LogP contribution in [-0.2, 0) is 0 Å². The summed E-state index contributed by atoms with van der Waals surface area (Å²) in [5.74, 6) is -1.13. The number of aliphatic imine (C=N–C) groups is 1. The molecule has 0 amide bonds. The van der Waals surface area contributed by atoms with Crippen LogP contribution < -0.4 is 11.2 Å². The molecular formula is C19H23N5O2. The molecule has 2 atom stereocenters. The molecule has 1 aromatic rings. The molecule has 0 spiro atoms. The summed E-state index contributed by atoms with van der Waals surface area (Å²) in [6.07, 6.45) is 3.74. The Kier molecular flexibility index (Phi) is 4.55. The van der Waals surface area contributed by atoms with Crippen molar-refractivity contribution in [3.63, 3.8) is 0 Å². The molecule has 1 saturated heterocycles. The van der Waals surface area contributed by atoms with Gasteiger partial charge in [-0.25, -0.2) is 0 Å². The maximum Gasteiger partial charge on any atom is 0.175 e. The normalized spacial score (nSPS) is 27.5. The minimum absolute atomic E-state index is 0.118. The lowest BCUT2D eigenvalue weighted by atomic mass is 9.72. The maximum absolute atomic E-state index is 13.0. The molecule has 0 aromatic heterocycles. The highest BCUT2D eigenvalue weighted by atomic mass is 16.1. The van der Waals surface area contributed by atoms with Gasteiger partial charge in [-0.05, 0) is 25.9 Å². The number of rotatable bonds is 3. The Morgan fingerprint density at radius 2 is 1.73 bits per heavy atom. The fourth-order valence-corrected chi connectivity index (χ4v) is 4.03. The van der Waals surface area contributed by atoms with Gasteiger partial charge in [0.15, 0.2) is 11.6 Å². The predicted octanol–water partition coefficient (Wildman–Crippen LogP) is 1.06. The van der Waals surface area contributed by atoms with E-state index >= 15 is 0 Å². The molecule has 7 heteroatoms. The van der Waals surface area contributed by atoms with Gasteiger partial charge in [0.2, 0.25) is 0 Å². The first kappa shape index (κ1) is 16.9.